The van der Waals surface area contributed by atoms with Crippen LogP contribution in [0.5, 0.6) is 0 Å². The Balaban J connectivity index is 1.54. The predicted molar refractivity (Wildman–Crippen MR) is 75.2 cm³/mol. The van der Waals surface area contributed by atoms with E-state index < -0.39 is 0 Å². The van der Waals surface area contributed by atoms with Crippen LogP contribution in [0.2, 0.25) is 0 Å². The van der Waals surface area contributed by atoms with Gasteiger partial charge in [0, 0.05) is 19.6 Å². The smallest absolute Gasteiger partial charge is 0.339 e. The second-order valence-electron chi connectivity index (χ2n) is 5.76. The Labute approximate surface area is 116 Å². The van der Waals surface area contributed by atoms with Gasteiger partial charge >= 0.3 is 6.03 Å². The molecule has 0 aromatic rings. The number of urea groups is 1. The van der Waals surface area contributed by atoms with Crippen LogP contribution >= 0.6 is 0 Å². The fourth-order valence-electron chi connectivity index (χ4n) is 3.06. The van der Waals surface area contributed by atoms with Crippen LogP contribution in [0.4, 0.5) is 4.79 Å². The lowest BCUT2D eigenvalue weighted by Crippen LogP contribution is -2.43. The highest BCUT2D eigenvalue weighted by atomic mass is 16.5. The topological polar surface area (TPSA) is 43.6 Å². The molecule has 1 saturated carbocycles. The molecule has 1 aliphatic carbocycles. The fraction of sp³-hybridized carbons (Fsp3) is 0.933. The first-order chi connectivity index (χ1) is 9.36. The van der Waals surface area contributed by atoms with E-state index in [0.29, 0.717) is 32.8 Å². The van der Waals surface area contributed by atoms with E-state index in [1.165, 1.54) is 44.9 Å². The van der Waals surface area contributed by atoms with Crippen LogP contribution in [0.25, 0.3) is 0 Å². The molecule has 0 aromatic carbocycles. The second kappa shape index (κ2) is 8.41. The fourth-order valence-corrected chi connectivity index (χ4v) is 3.06. The first-order valence-corrected chi connectivity index (χ1v) is 7.90. The van der Waals surface area contributed by atoms with Crippen LogP contribution in [-0.2, 0) is 4.74 Å². The molecule has 0 spiro atoms. The van der Waals surface area contributed by atoms with E-state index in [4.69, 9.17) is 4.74 Å². The summed E-state index contributed by atoms with van der Waals surface area (Å²) in [5.74, 6) is 0.885. The minimum absolute atomic E-state index is 0.0378. The van der Waals surface area contributed by atoms with Crippen molar-refractivity contribution in [3.05, 3.63) is 0 Å². The minimum atomic E-state index is -0.0378. The molecule has 4 nitrogen and oxygen atoms in total. The number of hydrogen-bond donors (Lipinski definition) is 0. The third-order valence-electron chi connectivity index (χ3n) is 4.27. The van der Waals surface area contributed by atoms with Crippen molar-refractivity contribution < 1.29 is 9.53 Å². The zero-order valence-electron chi connectivity index (χ0n) is 12.0. The number of carbonyl (C=O) groups is 1. The van der Waals surface area contributed by atoms with Gasteiger partial charge in [-0.25, -0.2) is 10.1 Å². The molecule has 109 valence electrons. The summed E-state index contributed by atoms with van der Waals surface area (Å²) in [5.41, 5.74) is 0. The average Bonchev–Trinajstić information content (AvgIpc) is 2.73. The van der Waals surface area contributed by atoms with Crippen molar-refractivity contribution in [3.63, 3.8) is 0 Å². The minimum Gasteiger partial charge on any atom is -0.378 e. The van der Waals surface area contributed by atoms with E-state index in [2.05, 4.69) is 5.32 Å². The lowest BCUT2D eigenvalue weighted by molar-refractivity contribution is 0.0530. The summed E-state index contributed by atoms with van der Waals surface area (Å²) in [7, 11) is 0. The van der Waals surface area contributed by atoms with Gasteiger partial charge in [0.25, 0.3) is 0 Å². The summed E-state index contributed by atoms with van der Waals surface area (Å²) in [5, 5.41) is 4.19. The zero-order chi connectivity index (χ0) is 13.3. The lowest BCUT2D eigenvalue weighted by Gasteiger charge is -2.26. The van der Waals surface area contributed by atoms with Gasteiger partial charge < -0.3 is 9.64 Å². The van der Waals surface area contributed by atoms with Crippen molar-refractivity contribution in [2.45, 2.75) is 51.4 Å². The van der Waals surface area contributed by atoms with Gasteiger partial charge in [-0.1, -0.05) is 38.5 Å². The number of carbonyl (C=O) groups excluding carboxylic acids is 1. The van der Waals surface area contributed by atoms with Gasteiger partial charge in [-0.05, 0) is 18.8 Å². The van der Waals surface area contributed by atoms with Crippen molar-refractivity contribution in [1.82, 2.24) is 10.2 Å². The number of ether oxygens (including phenoxy) is 1. The van der Waals surface area contributed by atoms with Crippen LogP contribution in [0.15, 0.2) is 0 Å². The Hall–Kier alpha value is -0.770. The molecule has 0 aromatic heterocycles. The Morgan fingerprint density at radius 3 is 2.47 bits per heavy atom. The van der Waals surface area contributed by atoms with Gasteiger partial charge in [-0.15, -0.1) is 0 Å². The van der Waals surface area contributed by atoms with E-state index in [1.807, 2.05) is 0 Å². The molecule has 1 heterocycles. The van der Waals surface area contributed by atoms with Crippen molar-refractivity contribution in [2.75, 3.05) is 32.8 Å². The molecule has 4 heteroatoms. The molecule has 0 atom stereocenters. The molecule has 19 heavy (non-hydrogen) atoms. The number of hydrogen-bond acceptors (Lipinski definition) is 2. The van der Waals surface area contributed by atoms with E-state index in [9.17, 15) is 4.79 Å². The van der Waals surface area contributed by atoms with Crippen molar-refractivity contribution in [2.24, 2.45) is 5.92 Å². The molecule has 1 radical (unpaired) electrons. The maximum atomic E-state index is 11.8. The Morgan fingerprint density at radius 2 is 1.79 bits per heavy atom. The SMILES string of the molecule is O=C([N]CCCC1CCCCCC1)N1CCOCC1. The quantitative estimate of drug-likeness (QED) is 0.580. The summed E-state index contributed by atoms with van der Waals surface area (Å²) in [6, 6.07) is -0.0378. The lowest BCUT2D eigenvalue weighted by atomic mass is 9.95. The molecule has 2 amide bonds. The molecule has 2 rings (SSSR count). The van der Waals surface area contributed by atoms with Gasteiger partial charge in [0.05, 0.1) is 13.2 Å². The van der Waals surface area contributed by atoms with E-state index in [0.717, 1.165) is 12.3 Å². The Bertz CT molecular complexity index is 257. The highest BCUT2D eigenvalue weighted by Crippen LogP contribution is 2.26. The number of nitrogens with zero attached hydrogens (tertiary/aromatic N) is 2. The highest BCUT2D eigenvalue weighted by molar-refractivity contribution is 5.73. The molecule has 2 aliphatic rings. The third-order valence-corrected chi connectivity index (χ3v) is 4.27. The normalized spacial score (nSPS) is 22.0. The molecule has 0 N–H and O–H groups in total. The Kier molecular flexibility index (Phi) is 6.48. The third kappa shape index (κ3) is 5.39. The maximum Gasteiger partial charge on any atom is 0.339 e. The van der Waals surface area contributed by atoms with Crippen molar-refractivity contribution in [3.8, 4) is 0 Å². The summed E-state index contributed by atoms with van der Waals surface area (Å²) < 4.78 is 5.23. The van der Waals surface area contributed by atoms with Crippen molar-refractivity contribution in [1.29, 1.82) is 0 Å². The second-order valence-corrected chi connectivity index (χ2v) is 5.76. The summed E-state index contributed by atoms with van der Waals surface area (Å²) >= 11 is 0. The highest BCUT2D eigenvalue weighted by Gasteiger charge is 2.17. The average molecular weight is 267 g/mol. The van der Waals surface area contributed by atoms with Gasteiger partial charge in [0.2, 0.25) is 0 Å². The zero-order valence-corrected chi connectivity index (χ0v) is 12.0. The van der Waals surface area contributed by atoms with Gasteiger partial charge in [0.15, 0.2) is 0 Å². The number of morpholine rings is 1. The molecule has 1 saturated heterocycles. The molecule has 0 unspecified atom stereocenters. The molecule has 1 aliphatic heterocycles. The maximum absolute atomic E-state index is 11.8. The van der Waals surface area contributed by atoms with E-state index in [1.54, 1.807) is 4.90 Å². The monoisotopic (exact) mass is 267 g/mol. The van der Waals surface area contributed by atoms with Gasteiger partial charge in [-0.2, -0.15) is 0 Å². The largest absolute Gasteiger partial charge is 0.378 e. The number of rotatable bonds is 4. The molecule has 2 fully saturated rings. The molecule has 0 bridgehead atoms. The predicted octanol–water partition coefficient (Wildman–Crippen LogP) is 2.79. The van der Waals surface area contributed by atoms with Crippen LogP contribution in [0, 0.1) is 5.92 Å². The van der Waals surface area contributed by atoms with Gasteiger partial charge in [-0.3, -0.25) is 0 Å². The summed E-state index contributed by atoms with van der Waals surface area (Å²) in [6.45, 7) is 3.41. The first kappa shape index (κ1) is 14.6. The first-order valence-electron chi connectivity index (χ1n) is 7.90. The Morgan fingerprint density at radius 1 is 1.11 bits per heavy atom. The molecular formula is C15H27N2O2. The van der Waals surface area contributed by atoms with Crippen molar-refractivity contribution >= 4 is 6.03 Å². The van der Waals surface area contributed by atoms with Crippen LogP contribution in [0.1, 0.15) is 51.4 Å². The van der Waals surface area contributed by atoms with Crippen LogP contribution in [0.3, 0.4) is 0 Å². The van der Waals surface area contributed by atoms with E-state index in [-0.39, 0.29) is 6.03 Å². The van der Waals surface area contributed by atoms with Crippen LogP contribution < -0.4 is 5.32 Å². The summed E-state index contributed by atoms with van der Waals surface area (Å²) in [6.07, 6.45) is 10.7. The summed E-state index contributed by atoms with van der Waals surface area (Å²) in [4.78, 5) is 13.6. The van der Waals surface area contributed by atoms with Gasteiger partial charge in [0.1, 0.15) is 0 Å². The number of amides is 2. The standard InChI is InChI=1S/C15H27N2O2/c18-15(17-10-12-19-13-11-17)16-9-5-8-14-6-3-1-2-4-7-14/h14H,1-13H2. The van der Waals surface area contributed by atoms with E-state index >= 15 is 0 Å². The molecular weight excluding hydrogens is 240 g/mol. The van der Waals surface area contributed by atoms with Crippen LogP contribution in [-0.4, -0.2) is 43.8 Å².